The fourth-order valence-electron chi connectivity index (χ4n) is 1.09. The molecule has 1 N–H and O–H groups in total. The second kappa shape index (κ2) is 4.80. The molecule has 0 saturated carbocycles. The number of hydrogen-bond donors (Lipinski definition) is 1. The molecule has 1 heteroatoms. The lowest BCUT2D eigenvalue weighted by atomic mass is 10.2. The van der Waals surface area contributed by atoms with Gasteiger partial charge in [0.2, 0.25) is 0 Å². The Morgan fingerprint density at radius 3 is 2.11 bits per heavy atom. The molecule has 0 aromatic carbocycles. The number of nitrogens with one attached hydrogen (secondary N) is 1. The van der Waals surface area contributed by atoms with Gasteiger partial charge in [0.15, 0.2) is 0 Å². The van der Waals surface area contributed by atoms with Crippen molar-refractivity contribution in [2.45, 2.75) is 52.6 Å². The first-order valence-corrected chi connectivity index (χ1v) is 3.92. The Balaban J connectivity index is 3.15. The van der Waals surface area contributed by atoms with E-state index in [2.05, 4.69) is 33.0 Å². The summed E-state index contributed by atoms with van der Waals surface area (Å²) < 4.78 is 0. The molecule has 1 atom stereocenters. The maximum absolute atomic E-state index is 3.44. The van der Waals surface area contributed by atoms with Crippen LogP contribution in [-0.2, 0) is 0 Å². The second-order valence-corrected chi connectivity index (χ2v) is 3.01. The molecular weight excluding hydrogens is 110 g/mol. The van der Waals surface area contributed by atoms with E-state index in [0.717, 1.165) is 0 Å². The molecule has 0 heterocycles. The Hall–Kier alpha value is -0.0400. The van der Waals surface area contributed by atoms with Gasteiger partial charge >= 0.3 is 0 Å². The van der Waals surface area contributed by atoms with Gasteiger partial charge in [-0.25, -0.2) is 0 Å². The lowest BCUT2D eigenvalue weighted by Crippen LogP contribution is -2.31. The topological polar surface area (TPSA) is 12.0 Å². The van der Waals surface area contributed by atoms with E-state index in [1.165, 1.54) is 12.8 Å². The van der Waals surface area contributed by atoms with Crippen LogP contribution in [0.2, 0.25) is 0 Å². The molecule has 9 heavy (non-hydrogen) atoms. The maximum atomic E-state index is 3.44. The van der Waals surface area contributed by atoms with Crippen LogP contribution in [0.1, 0.15) is 40.5 Å². The van der Waals surface area contributed by atoms with Gasteiger partial charge in [-0.2, -0.15) is 0 Å². The minimum absolute atomic E-state index is 0.631. The molecule has 0 saturated heterocycles. The highest BCUT2D eigenvalue weighted by molar-refractivity contribution is 4.61. The minimum atomic E-state index is 0.631. The predicted molar refractivity (Wildman–Crippen MR) is 42.6 cm³/mol. The fraction of sp³-hybridized carbons (Fsp3) is 1.00. The zero-order valence-electron chi connectivity index (χ0n) is 7.07. The van der Waals surface area contributed by atoms with Crippen molar-refractivity contribution < 1.29 is 0 Å². The van der Waals surface area contributed by atoms with Crippen molar-refractivity contribution in [3.05, 3.63) is 0 Å². The van der Waals surface area contributed by atoms with Gasteiger partial charge in [-0.3, -0.25) is 0 Å². The number of hydrogen-bond acceptors (Lipinski definition) is 1. The number of rotatable bonds is 4. The Morgan fingerprint density at radius 2 is 1.78 bits per heavy atom. The molecule has 56 valence electrons. The van der Waals surface area contributed by atoms with Gasteiger partial charge in [-0.15, -0.1) is 0 Å². The van der Waals surface area contributed by atoms with Gasteiger partial charge in [0.05, 0.1) is 0 Å². The molecular formula is C8H19N. The summed E-state index contributed by atoms with van der Waals surface area (Å²) in [5.74, 6) is 0. The first-order chi connectivity index (χ1) is 4.16. The summed E-state index contributed by atoms with van der Waals surface area (Å²) >= 11 is 0. The summed E-state index contributed by atoms with van der Waals surface area (Å²) in [6.45, 7) is 8.83. The van der Waals surface area contributed by atoms with Gasteiger partial charge in [0.1, 0.15) is 0 Å². The van der Waals surface area contributed by atoms with Crippen molar-refractivity contribution in [2.24, 2.45) is 0 Å². The van der Waals surface area contributed by atoms with Gasteiger partial charge < -0.3 is 5.32 Å². The first kappa shape index (κ1) is 8.96. The average molecular weight is 129 g/mol. The monoisotopic (exact) mass is 129 g/mol. The van der Waals surface area contributed by atoms with E-state index in [1.54, 1.807) is 0 Å². The zero-order valence-corrected chi connectivity index (χ0v) is 7.07. The normalized spacial score (nSPS) is 14.3. The van der Waals surface area contributed by atoms with Crippen LogP contribution in [0.3, 0.4) is 0 Å². The summed E-state index contributed by atoms with van der Waals surface area (Å²) in [4.78, 5) is 0. The molecule has 0 aliphatic rings. The molecule has 0 bridgehead atoms. The molecule has 0 fully saturated rings. The van der Waals surface area contributed by atoms with Crippen molar-refractivity contribution in [3.8, 4) is 0 Å². The summed E-state index contributed by atoms with van der Waals surface area (Å²) in [5, 5.41) is 3.44. The summed E-state index contributed by atoms with van der Waals surface area (Å²) in [6.07, 6.45) is 2.57. The third kappa shape index (κ3) is 5.84. The average Bonchev–Trinajstić information content (AvgIpc) is 1.63. The third-order valence-electron chi connectivity index (χ3n) is 1.34. The van der Waals surface area contributed by atoms with Gasteiger partial charge in [-0.05, 0) is 13.3 Å². The Morgan fingerprint density at radius 1 is 1.22 bits per heavy atom. The van der Waals surface area contributed by atoms with Gasteiger partial charge in [-0.1, -0.05) is 27.2 Å². The summed E-state index contributed by atoms with van der Waals surface area (Å²) in [5.41, 5.74) is 0. The molecule has 0 radical (unpaired) electrons. The van der Waals surface area contributed by atoms with Crippen LogP contribution in [0.4, 0.5) is 0 Å². The SMILES string of the molecule is CCC[C@H](C)NC(C)C. The molecule has 0 aromatic rings. The lowest BCUT2D eigenvalue weighted by Gasteiger charge is -2.15. The zero-order chi connectivity index (χ0) is 7.28. The molecule has 1 nitrogen and oxygen atoms in total. The summed E-state index contributed by atoms with van der Waals surface area (Å²) in [6, 6.07) is 1.32. The molecule has 0 unspecified atom stereocenters. The van der Waals surface area contributed by atoms with Crippen LogP contribution in [0.15, 0.2) is 0 Å². The Labute approximate surface area is 58.8 Å². The smallest absolute Gasteiger partial charge is 0.00409 e. The molecule has 0 aliphatic carbocycles. The van der Waals surface area contributed by atoms with Crippen molar-refractivity contribution >= 4 is 0 Å². The van der Waals surface area contributed by atoms with E-state index in [4.69, 9.17) is 0 Å². The van der Waals surface area contributed by atoms with Crippen LogP contribution in [0.25, 0.3) is 0 Å². The lowest BCUT2D eigenvalue weighted by molar-refractivity contribution is 0.462. The minimum Gasteiger partial charge on any atom is -0.312 e. The van der Waals surface area contributed by atoms with Crippen molar-refractivity contribution in [3.63, 3.8) is 0 Å². The molecule has 0 amide bonds. The van der Waals surface area contributed by atoms with Crippen molar-refractivity contribution in [1.82, 2.24) is 5.32 Å². The molecule has 0 spiro atoms. The molecule has 0 rings (SSSR count). The highest BCUT2D eigenvalue weighted by Crippen LogP contribution is 1.95. The van der Waals surface area contributed by atoms with E-state index >= 15 is 0 Å². The third-order valence-corrected chi connectivity index (χ3v) is 1.34. The Kier molecular flexibility index (Phi) is 4.78. The standard InChI is InChI=1S/C8H19N/c1-5-6-8(4)9-7(2)3/h7-9H,5-6H2,1-4H3/t8-/m0/s1. The quantitative estimate of drug-likeness (QED) is 0.613. The van der Waals surface area contributed by atoms with E-state index in [9.17, 15) is 0 Å². The van der Waals surface area contributed by atoms with Crippen LogP contribution >= 0.6 is 0 Å². The van der Waals surface area contributed by atoms with Gasteiger partial charge in [0.25, 0.3) is 0 Å². The van der Waals surface area contributed by atoms with Crippen LogP contribution < -0.4 is 5.32 Å². The maximum Gasteiger partial charge on any atom is 0.00409 e. The first-order valence-electron chi connectivity index (χ1n) is 3.92. The van der Waals surface area contributed by atoms with E-state index < -0.39 is 0 Å². The van der Waals surface area contributed by atoms with Crippen LogP contribution in [-0.4, -0.2) is 12.1 Å². The fourth-order valence-corrected chi connectivity index (χ4v) is 1.09. The predicted octanol–water partition coefficient (Wildman–Crippen LogP) is 2.17. The highest BCUT2D eigenvalue weighted by atomic mass is 14.9. The van der Waals surface area contributed by atoms with E-state index in [-0.39, 0.29) is 0 Å². The second-order valence-electron chi connectivity index (χ2n) is 3.01. The van der Waals surface area contributed by atoms with E-state index in [1.807, 2.05) is 0 Å². The van der Waals surface area contributed by atoms with E-state index in [0.29, 0.717) is 12.1 Å². The molecule has 0 aromatic heterocycles. The van der Waals surface area contributed by atoms with Crippen LogP contribution in [0, 0.1) is 0 Å². The Bertz CT molecular complexity index is 59.6. The highest BCUT2D eigenvalue weighted by Gasteiger charge is 1.99. The van der Waals surface area contributed by atoms with Gasteiger partial charge in [0, 0.05) is 12.1 Å². The largest absolute Gasteiger partial charge is 0.312 e. The molecule has 0 aliphatic heterocycles. The van der Waals surface area contributed by atoms with Crippen molar-refractivity contribution in [2.75, 3.05) is 0 Å². The van der Waals surface area contributed by atoms with Crippen LogP contribution in [0.5, 0.6) is 0 Å². The summed E-state index contributed by atoms with van der Waals surface area (Å²) in [7, 11) is 0. The van der Waals surface area contributed by atoms with Crippen molar-refractivity contribution in [1.29, 1.82) is 0 Å².